The molecule has 5 heteroatoms. The summed E-state index contributed by atoms with van der Waals surface area (Å²) in [5.74, 6) is 0.880. The van der Waals surface area contributed by atoms with Crippen LogP contribution in [0.3, 0.4) is 0 Å². The maximum Gasteiger partial charge on any atom is 0.222 e. The van der Waals surface area contributed by atoms with Crippen molar-refractivity contribution in [2.45, 2.75) is 51.5 Å². The van der Waals surface area contributed by atoms with Crippen LogP contribution in [0.25, 0.3) is 0 Å². The lowest BCUT2D eigenvalue weighted by atomic mass is 10.0. The largest absolute Gasteiger partial charge is 0.382 e. The van der Waals surface area contributed by atoms with Gasteiger partial charge in [-0.1, -0.05) is 19.8 Å². The smallest absolute Gasteiger partial charge is 0.222 e. The van der Waals surface area contributed by atoms with E-state index in [1.807, 2.05) is 21.8 Å². The van der Waals surface area contributed by atoms with Crippen molar-refractivity contribution in [3.63, 3.8) is 0 Å². The van der Waals surface area contributed by atoms with Crippen LogP contribution in [0, 0.1) is 0 Å². The first-order valence-electron chi connectivity index (χ1n) is 7.29. The second-order valence-corrected chi connectivity index (χ2v) is 5.29. The van der Waals surface area contributed by atoms with E-state index in [2.05, 4.69) is 12.0 Å². The highest BCUT2D eigenvalue weighted by molar-refractivity contribution is 5.76. The molecule has 0 aromatic carbocycles. The molecular formula is C14H24N4O. The monoisotopic (exact) mass is 264 g/mol. The van der Waals surface area contributed by atoms with Gasteiger partial charge in [0.1, 0.15) is 5.82 Å². The molecule has 1 aliphatic rings. The number of carbonyl (C=O) groups excluding carboxylic acids is 1. The number of unbranched alkanes of at least 4 members (excludes halogenated alkanes) is 2. The molecule has 0 aliphatic carbocycles. The Kier molecular flexibility index (Phi) is 4.82. The minimum absolute atomic E-state index is 0.312. The molecule has 0 spiro atoms. The third-order valence-electron chi connectivity index (χ3n) is 3.81. The molecule has 2 N–H and O–H groups in total. The Labute approximate surface area is 114 Å². The Morgan fingerprint density at radius 1 is 1.42 bits per heavy atom. The molecule has 5 nitrogen and oxygen atoms in total. The fraction of sp³-hybridized carbons (Fsp3) is 0.714. The number of amides is 1. The molecule has 0 saturated carbocycles. The summed E-state index contributed by atoms with van der Waals surface area (Å²) in [4.78, 5) is 14.0. The molecule has 106 valence electrons. The van der Waals surface area contributed by atoms with Crippen LogP contribution in [-0.2, 0) is 4.79 Å². The summed E-state index contributed by atoms with van der Waals surface area (Å²) >= 11 is 0. The summed E-state index contributed by atoms with van der Waals surface area (Å²) < 4.78 is 1.94. The molecule has 0 radical (unpaired) electrons. The molecule has 1 saturated heterocycles. The summed E-state index contributed by atoms with van der Waals surface area (Å²) in [6, 6.07) is 2.21. The van der Waals surface area contributed by atoms with Crippen molar-refractivity contribution in [1.29, 1.82) is 0 Å². The molecule has 1 aromatic rings. The number of nitrogens with zero attached hydrogens (tertiary/aromatic N) is 3. The second kappa shape index (κ2) is 6.59. The highest BCUT2D eigenvalue weighted by Crippen LogP contribution is 2.23. The van der Waals surface area contributed by atoms with E-state index in [4.69, 9.17) is 5.73 Å². The van der Waals surface area contributed by atoms with Gasteiger partial charge in [0, 0.05) is 25.7 Å². The number of piperidine rings is 1. The van der Waals surface area contributed by atoms with Crippen molar-refractivity contribution in [1.82, 2.24) is 14.7 Å². The fourth-order valence-electron chi connectivity index (χ4n) is 2.62. The maximum atomic E-state index is 12.0. The number of rotatable bonds is 5. The molecule has 1 aliphatic heterocycles. The number of nitrogens with two attached hydrogens (primary N) is 1. The van der Waals surface area contributed by atoms with Crippen LogP contribution in [0.4, 0.5) is 5.82 Å². The summed E-state index contributed by atoms with van der Waals surface area (Å²) in [7, 11) is 0. The number of aromatic nitrogens is 2. The van der Waals surface area contributed by atoms with Gasteiger partial charge in [-0.15, -0.1) is 0 Å². The van der Waals surface area contributed by atoms with Crippen LogP contribution < -0.4 is 5.73 Å². The first kappa shape index (κ1) is 13.9. The quantitative estimate of drug-likeness (QED) is 0.829. The van der Waals surface area contributed by atoms with Gasteiger partial charge in [-0.2, -0.15) is 5.10 Å². The lowest BCUT2D eigenvalue weighted by molar-refractivity contribution is -0.132. The van der Waals surface area contributed by atoms with Crippen molar-refractivity contribution in [2.24, 2.45) is 0 Å². The Morgan fingerprint density at radius 2 is 2.16 bits per heavy atom. The predicted molar refractivity (Wildman–Crippen MR) is 75.6 cm³/mol. The van der Waals surface area contributed by atoms with Crippen molar-refractivity contribution in [2.75, 3.05) is 18.8 Å². The first-order chi connectivity index (χ1) is 9.20. The number of carbonyl (C=O) groups is 1. The van der Waals surface area contributed by atoms with Crippen molar-refractivity contribution in [3.8, 4) is 0 Å². The number of anilines is 1. The predicted octanol–water partition coefficient (Wildman–Crippen LogP) is 2.21. The summed E-state index contributed by atoms with van der Waals surface area (Å²) in [6.07, 6.45) is 7.91. The topological polar surface area (TPSA) is 64.2 Å². The van der Waals surface area contributed by atoms with Gasteiger partial charge < -0.3 is 10.6 Å². The molecule has 2 heterocycles. The van der Waals surface area contributed by atoms with Gasteiger partial charge in [-0.3, -0.25) is 9.48 Å². The van der Waals surface area contributed by atoms with E-state index >= 15 is 0 Å². The first-order valence-corrected chi connectivity index (χ1v) is 7.29. The third-order valence-corrected chi connectivity index (χ3v) is 3.81. The van der Waals surface area contributed by atoms with Crippen LogP contribution in [0.1, 0.15) is 51.5 Å². The van der Waals surface area contributed by atoms with Gasteiger partial charge in [0.25, 0.3) is 0 Å². The van der Waals surface area contributed by atoms with Gasteiger partial charge in [0.05, 0.1) is 6.04 Å². The standard InChI is InChI=1S/C14H24N4O/c1-2-3-4-5-14(19)17-9-6-12(7-10-17)18-11-8-13(15)16-18/h8,11-12H,2-7,9-10H2,1H3,(H2,15,16). The Hall–Kier alpha value is -1.52. The molecule has 19 heavy (non-hydrogen) atoms. The molecule has 1 aromatic heterocycles. The molecule has 0 atom stereocenters. The van der Waals surface area contributed by atoms with Gasteiger partial charge in [0.2, 0.25) is 5.91 Å². The van der Waals surface area contributed by atoms with Gasteiger partial charge in [-0.25, -0.2) is 0 Å². The van der Waals surface area contributed by atoms with E-state index in [9.17, 15) is 4.79 Å². The normalized spacial score (nSPS) is 16.8. The Bertz CT molecular complexity index is 407. The minimum atomic E-state index is 0.312. The van der Waals surface area contributed by atoms with E-state index < -0.39 is 0 Å². The van der Waals surface area contributed by atoms with Crippen LogP contribution in [0.5, 0.6) is 0 Å². The summed E-state index contributed by atoms with van der Waals surface area (Å²) in [5.41, 5.74) is 5.63. The molecule has 1 amide bonds. The lowest BCUT2D eigenvalue weighted by Crippen LogP contribution is -2.39. The zero-order valence-corrected chi connectivity index (χ0v) is 11.7. The van der Waals surface area contributed by atoms with Crippen molar-refractivity contribution in [3.05, 3.63) is 12.3 Å². The van der Waals surface area contributed by atoms with Gasteiger partial charge in [-0.05, 0) is 25.3 Å². The number of hydrogen-bond acceptors (Lipinski definition) is 3. The van der Waals surface area contributed by atoms with Crippen molar-refractivity contribution >= 4 is 11.7 Å². The Morgan fingerprint density at radius 3 is 2.74 bits per heavy atom. The average Bonchev–Trinajstić information content (AvgIpc) is 2.86. The maximum absolute atomic E-state index is 12.0. The van der Waals surface area contributed by atoms with Gasteiger partial charge in [0.15, 0.2) is 0 Å². The number of hydrogen-bond donors (Lipinski definition) is 1. The SMILES string of the molecule is CCCCCC(=O)N1CCC(n2ccc(N)n2)CC1. The van der Waals surface area contributed by atoms with Crippen LogP contribution >= 0.6 is 0 Å². The molecular weight excluding hydrogens is 240 g/mol. The number of likely N-dealkylation sites (tertiary alicyclic amines) is 1. The van der Waals surface area contributed by atoms with Gasteiger partial charge >= 0.3 is 0 Å². The van der Waals surface area contributed by atoms with Crippen LogP contribution in [0.2, 0.25) is 0 Å². The van der Waals surface area contributed by atoms with E-state index in [1.54, 1.807) is 0 Å². The fourth-order valence-corrected chi connectivity index (χ4v) is 2.62. The van der Waals surface area contributed by atoms with Crippen LogP contribution in [-0.4, -0.2) is 33.7 Å². The van der Waals surface area contributed by atoms with E-state index in [-0.39, 0.29) is 0 Å². The Balaban J connectivity index is 1.77. The van der Waals surface area contributed by atoms with Crippen LogP contribution in [0.15, 0.2) is 12.3 Å². The summed E-state index contributed by atoms with van der Waals surface area (Å²) in [6.45, 7) is 3.84. The molecule has 0 bridgehead atoms. The molecule has 0 unspecified atom stereocenters. The molecule has 1 fully saturated rings. The van der Waals surface area contributed by atoms with E-state index in [1.165, 1.54) is 0 Å². The highest BCUT2D eigenvalue weighted by Gasteiger charge is 2.23. The number of nitrogen functional groups attached to an aromatic ring is 1. The second-order valence-electron chi connectivity index (χ2n) is 5.29. The van der Waals surface area contributed by atoms with Crippen molar-refractivity contribution < 1.29 is 4.79 Å². The van der Waals surface area contributed by atoms with E-state index in [0.717, 1.165) is 45.2 Å². The molecule has 2 rings (SSSR count). The average molecular weight is 264 g/mol. The zero-order valence-electron chi connectivity index (χ0n) is 11.7. The zero-order chi connectivity index (χ0) is 13.7. The highest BCUT2D eigenvalue weighted by atomic mass is 16.2. The lowest BCUT2D eigenvalue weighted by Gasteiger charge is -2.32. The van der Waals surface area contributed by atoms with E-state index in [0.29, 0.717) is 24.2 Å². The minimum Gasteiger partial charge on any atom is -0.382 e. The summed E-state index contributed by atoms with van der Waals surface area (Å²) in [5, 5.41) is 4.26. The third kappa shape index (κ3) is 3.72.